The fourth-order valence-electron chi connectivity index (χ4n) is 1.82. The predicted molar refractivity (Wildman–Crippen MR) is 81.7 cm³/mol. The quantitative estimate of drug-likeness (QED) is 0.723. The molecule has 2 aromatic carbocycles. The van der Waals surface area contributed by atoms with Crippen molar-refractivity contribution in [2.24, 2.45) is 0 Å². The molecule has 0 aliphatic rings. The van der Waals surface area contributed by atoms with Gasteiger partial charge in [-0.3, -0.25) is 0 Å². The first-order valence-electron chi connectivity index (χ1n) is 5.67. The summed E-state index contributed by atoms with van der Waals surface area (Å²) in [6, 6.07) is 10.7. The Balaban J connectivity index is 1.98. The van der Waals surface area contributed by atoms with Gasteiger partial charge in [0.25, 0.3) is 0 Å². The minimum atomic E-state index is -0.478. The molecule has 0 spiro atoms. The van der Waals surface area contributed by atoms with E-state index in [-0.39, 0.29) is 10.0 Å². The van der Waals surface area contributed by atoms with Gasteiger partial charge in [-0.25, -0.2) is 9.37 Å². The predicted octanol–water partition coefficient (Wildman–Crippen LogP) is 4.81. The summed E-state index contributed by atoms with van der Waals surface area (Å²) >= 11 is 4.62. The van der Waals surface area contributed by atoms with Gasteiger partial charge in [0.05, 0.1) is 31.5 Å². The summed E-state index contributed by atoms with van der Waals surface area (Å²) < 4.78 is 15.3. The molecule has 0 aliphatic heterocycles. The van der Waals surface area contributed by atoms with Gasteiger partial charge in [0.2, 0.25) is 0 Å². The lowest BCUT2D eigenvalue weighted by atomic mass is 10.2. The number of nitrogens with zero attached hydrogens (tertiary/aromatic N) is 2. The Morgan fingerprint density at radius 3 is 2.95 bits per heavy atom. The van der Waals surface area contributed by atoms with Gasteiger partial charge in [0.1, 0.15) is 6.07 Å². The van der Waals surface area contributed by atoms with E-state index in [4.69, 9.17) is 5.26 Å². The van der Waals surface area contributed by atoms with E-state index in [1.54, 1.807) is 17.6 Å². The summed E-state index contributed by atoms with van der Waals surface area (Å²) in [5, 5.41) is 11.9. The van der Waals surface area contributed by atoms with Crippen molar-refractivity contribution >= 4 is 48.9 Å². The molecule has 0 saturated carbocycles. The second-order valence-corrected chi connectivity index (χ2v) is 5.74. The third-order valence-electron chi connectivity index (χ3n) is 2.81. The number of aromatic nitrogens is 1. The van der Waals surface area contributed by atoms with Crippen LogP contribution in [0.2, 0.25) is 0 Å². The van der Waals surface area contributed by atoms with Crippen molar-refractivity contribution in [2.75, 3.05) is 5.32 Å². The molecule has 0 aliphatic carbocycles. The van der Waals surface area contributed by atoms with Crippen LogP contribution in [-0.4, -0.2) is 4.98 Å². The summed E-state index contributed by atoms with van der Waals surface area (Å²) in [5.74, 6) is -0.478. The summed E-state index contributed by atoms with van der Waals surface area (Å²) in [5.41, 5.74) is 4.05. The van der Waals surface area contributed by atoms with Crippen molar-refractivity contribution in [2.45, 2.75) is 0 Å². The molecular formula is C14H7BrFN3S. The van der Waals surface area contributed by atoms with Crippen LogP contribution in [0.4, 0.5) is 15.8 Å². The lowest BCUT2D eigenvalue weighted by molar-refractivity contribution is 0.624. The van der Waals surface area contributed by atoms with Crippen LogP contribution in [0.25, 0.3) is 10.2 Å². The molecule has 0 fully saturated rings. The van der Waals surface area contributed by atoms with E-state index in [0.717, 1.165) is 15.9 Å². The van der Waals surface area contributed by atoms with Gasteiger partial charge in [-0.1, -0.05) is 0 Å². The average Bonchev–Trinajstić information content (AvgIpc) is 2.92. The number of nitrogens with one attached hydrogen (secondary N) is 1. The molecule has 1 N–H and O–H groups in total. The molecule has 1 aromatic heterocycles. The topological polar surface area (TPSA) is 48.7 Å². The zero-order chi connectivity index (χ0) is 14.1. The highest BCUT2D eigenvalue weighted by atomic mass is 79.9. The summed E-state index contributed by atoms with van der Waals surface area (Å²) in [6.07, 6.45) is 0. The van der Waals surface area contributed by atoms with Gasteiger partial charge < -0.3 is 5.32 Å². The van der Waals surface area contributed by atoms with E-state index in [2.05, 4.69) is 26.2 Å². The zero-order valence-electron chi connectivity index (χ0n) is 10.0. The minimum Gasteiger partial charge on any atom is -0.353 e. The first-order valence-corrected chi connectivity index (χ1v) is 7.34. The van der Waals surface area contributed by atoms with Crippen LogP contribution >= 0.6 is 27.3 Å². The van der Waals surface area contributed by atoms with Crippen LogP contribution in [0, 0.1) is 17.1 Å². The minimum absolute atomic E-state index is 0.170. The maximum absolute atomic E-state index is 14.1. The second kappa shape index (κ2) is 5.19. The van der Waals surface area contributed by atoms with E-state index < -0.39 is 5.82 Å². The van der Waals surface area contributed by atoms with Crippen molar-refractivity contribution in [3.05, 3.63) is 51.7 Å². The standard InChI is InChI=1S/C14H7BrFN3S/c15-13-8(6-17)1-3-11(14(13)16)19-9-2-4-10-12(5-9)20-7-18-10/h1-5,7,19H. The summed E-state index contributed by atoms with van der Waals surface area (Å²) in [4.78, 5) is 4.19. The fraction of sp³-hybridized carbons (Fsp3) is 0. The molecule has 3 aromatic rings. The van der Waals surface area contributed by atoms with E-state index in [0.29, 0.717) is 5.69 Å². The van der Waals surface area contributed by atoms with Crippen molar-refractivity contribution < 1.29 is 4.39 Å². The number of hydrogen-bond acceptors (Lipinski definition) is 4. The van der Waals surface area contributed by atoms with Gasteiger partial charge in [-0.05, 0) is 46.3 Å². The van der Waals surface area contributed by atoms with Crippen LogP contribution in [-0.2, 0) is 0 Å². The van der Waals surface area contributed by atoms with Crippen molar-refractivity contribution in [3.63, 3.8) is 0 Å². The number of rotatable bonds is 2. The highest BCUT2D eigenvalue weighted by Crippen LogP contribution is 2.30. The van der Waals surface area contributed by atoms with E-state index in [1.807, 2.05) is 24.3 Å². The number of fused-ring (bicyclic) bond motifs is 1. The van der Waals surface area contributed by atoms with Crippen molar-refractivity contribution in [1.82, 2.24) is 4.98 Å². The van der Waals surface area contributed by atoms with Gasteiger partial charge in [0, 0.05) is 5.69 Å². The Morgan fingerprint density at radius 1 is 1.30 bits per heavy atom. The highest BCUT2D eigenvalue weighted by Gasteiger charge is 2.11. The molecule has 0 radical (unpaired) electrons. The number of thiazole rings is 1. The van der Waals surface area contributed by atoms with Crippen LogP contribution in [0.1, 0.15) is 5.56 Å². The molecule has 6 heteroatoms. The third-order valence-corrected chi connectivity index (χ3v) is 4.38. The molecule has 0 bridgehead atoms. The number of anilines is 2. The van der Waals surface area contributed by atoms with Gasteiger partial charge in [0.15, 0.2) is 5.82 Å². The largest absolute Gasteiger partial charge is 0.353 e. The maximum atomic E-state index is 14.1. The fourth-order valence-corrected chi connectivity index (χ4v) is 2.97. The monoisotopic (exact) mass is 347 g/mol. The lowest BCUT2D eigenvalue weighted by Crippen LogP contribution is -1.96. The summed E-state index contributed by atoms with van der Waals surface area (Å²) in [7, 11) is 0. The van der Waals surface area contributed by atoms with E-state index in [1.165, 1.54) is 11.3 Å². The Labute approximate surface area is 126 Å². The number of benzene rings is 2. The Morgan fingerprint density at radius 2 is 2.15 bits per heavy atom. The van der Waals surface area contributed by atoms with Crippen molar-refractivity contribution in [3.8, 4) is 6.07 Å². The molecule has 20 heavy (non-hydrogen) atoms. The second-order valence-electron chi connectivity index (χ2n) is 4.06. The Hall–Kier alpha value is -1.97. The smallest absolute Gasteiger partial charge is 0.162 e. The van der Waals surface area contributed by atoms with Gasteiger partial charge in [-0.2, -0.15) is 5.26 Å². The maximum Gasteiger partial charge on any atom is 0.162 e. The zero-order valence-corrected chi connectivity index (χ0v) is 12.4. The molecule has 3 rings (SSSR count). The Kier molecular flexibility index (Phi) is 3.38. The van der Waals surface area contributed by atoms with Crippen LogP contribution in [0.15, 0.2) is 40.3 Å². The number of hydrogen-bond donors (Lipinski definition) is 1. The molecule has 3 nitrogen and oxygen atoms in total. The van der Waals surface area contributed by atoms with Gasteiger partial charge >= 0.3 is 0 Å². The molecule has 0 atom stereocenters. The first kappa shape index (κ1) is 13.0. The molecule has 98 valence electrons. The number of halogens is 2. The Bertz CT molecular complexity index is 838. The molecule has 0 amide bonds. The summed E-state index contributed by atoms with van der Waals surface area (Å²) in [6.45, 7) is 0. The molecule has 1 heterocycles. The molecular weight excluding hydrogens is 341 g/mol. The van der Waals surface area contributed by atoms with E-state index >= 15 is 0 Å². The van der Waals surface area contributed by atoms with Crippen molar-refractivity contribution in [1.29, 1.82) is 5.26 Å². The number of nitriles is 1. The SMILES string of the molecule is N#Cc1ccc(Nc2ccc3ncsc3c2)c(F)c1Br. The normalized spacial score (nSPS) is 10.4. The van der Waals surface area contributed by atoms with Crippen LogP contribution < -0.4 is 5.32 Å². The van der Waals surface area contributed by atoms with Gasteiger partial charge in [-0.15, -0.1) is 11.3 Å². The van der Waals surface area contributed by atoms with Crippen LogP contribution in [0.3, 0.4) is 0 Å². The molecule has 0 unspecified atom stereocenters. The first-order chi connectivity index (χ1) is 9.69. The lowest BCUT2D eigenvalue weighted by Gasteiger charge is -2.09. The van der Waals surface area contributed by atoms with Crippen LogP contribution in [0.5, 0.6) is 0 Å². The molecule has 0 saturated heterocycles. The average molecular weight is 348 g/mol. The highest BCUT2D eigenvalue weighted by molar-refractivity contribution is 9.10. The third kappa shape index (κ3) is 2.26. The van der Waals surface area contributed by atoms with E-state index in [9.17, 15) is 4.39 Å².